The molecule has 0 amide bonds. The molecule has 27 heavy (non-hydrogen) atoms. The molecule has 0 unspecified atom stereocenters. The smallest absolute Gasteiger partial charge is 0.335 e. The van der Waals surface area contributed by atoms with Gasteiger partial charge in [0.15, 0.2) is 5.75 Å². The highest BCUT2D eigenvalue weighted by Gasteiger charge is 2.17. The van der Waals surface area contributed by atoms with E-state index in [2.05, 4.69) is 6.92 Å². The number of hydrogen-bond acceptors (Lipinski definition) is 4. The molecule has 0 aliphatic heterocycles. The van der Waals surface area contributed by atoms with Gasteiger partial charge >= 0.3 is 11.7 Å². The van der Waals surface area contributed by atoms with Crippen LogP contribution in [0, 0.1) is 10.1 Å². The largest absolute Gasteiger partial charge is 0.487 e. The van der Waals surface area contributed by atoms with Crippen LogP contribution < -0.4 is 4.74 Å². The second-order valence-corrected chi connectivity index (χ2v) is 6.44. The Kier molecular flexibility index (Phi) is 7.79. The molecule has 1 N–H and O–H groups in total. The lowest BCUT2D eigenvalue weighted by molar-refractivity contribution is -0.385. The van der Waals surface area contributed by atoms with E-state index in [-0.39, 0.29) is 17.0 Å². The highest BCUT2D eigenvalue weighted by molar-refractivity contribution is 5.88. The molecule has 0 atom stereocenters. The van der Waals surface area contributed by atoms with E-state index in [1.807, 2.05) is 0 Å². The van der Waals surface area contributed by atoms with Gasteiger partial charge in [0.2, 0.25) is 0 Å². The van der Waals surface area contributed by atoms with E-state index in [4.69, 9.17) is 9.84 Å². The predicted octanol–water partition coefficient (Wildman–Crippen LogP) is 5.70. The van der Waals surface area contributed by atoms with Gasteiger partial charge in [0.25, 0.3) is 0 Å². The first-order valence-corrected chi connectivity index (χ1v) is 9.28. The highest BCUT2D eigenvalue weighted by atomic mass is 16.6. The Bertz CT molecular complexity index is 771. The molecule has 0 radical (unpaired) electrons. The van der Waals surface area contributed by atoms with Crippen LogP contribution in [0.4, 0.5) is 5.69 Å². The molecule has 0 heterocycles. The van der Waals surface area contributed by atoms with Crippen molar-refractivity contribution in [1.29, 1.82) is 0 Å². The number of ether oxygens (including phenoxy) is 1. The number of unbranched alkanes of at least 4 members (excludes halogenated alkanes) is 5. The van der Waals surface area contributed by atoms with Gasteiger partial charge in [-0.15, -0.1) is 0 Å². The van der Waals surface area contributed by atoms with E-state index in [1.54, 1.807) is 24.3 Å². The molecule has 0 saturated heterocycles. The van der Waals surface area contributed by atoms with Crippen molar-refractivity contribution in [3.8, 4) is 16.9 Å². The van der Waals surface area contributed by atoms with Crippen molar-refractivity contribution in [3.63, 3.8) is 0 Å². The Hall–Kier alpha value is -2.89. The number of hydrogen-bond donors (Lipinski definition) is 1. The normalized spacial score (nSPS) is 10.6. The van der Waals surface area contributed by atoms with E-state index in [0.717, 1.165) is 19.3 Å². The summed E-state index contributed by atoms with van der Waals surface area (Å²) in [6.07, 6.45) is 6.74. The third kappa shape index (κ3) is 6.09. The fraction of sp³-hybridized carbons (Fsp3) is 0.381. The van der Waals surface area contributed by atoms with Crippen LogP contribution in [-0.4, -0.2) is 22.6 Å². The van der Waals surface area contributed by atoms with Crippen molar-refractivity contribution in [2.24, 2.45) is 0 Å². The summed E-state index contributed by atoms with van der Waals surface area (Å²) in [4.78, 5) is 21.9. The molecule has 0 aliphatic carbocycles. The first kappa shape index (κ1) is 20.4. The zero-order valence-electron chi connectivity index (χ0n) is 15.5. The zero-order valence-corrected chi connectivity index (χ0v) is 15.5. The molecule has 144 valence electrons. The van der Waals surface area contributed by atoms with Gasteiger partial charge in [-0.25, -0.2) is 4.79 Å². The Morgan fingerprint density at radius 3 is 2.26 bits per heavy atom. The number of nitro groups is 1. The van der Waals surface area contributed by atoms with Gasteiger partial charge in [-0.1, -0.05) is 57.2 Å². The molecule has 0 aromatic heterocycles. The molecule has 2 rings (SSSR count). The summed E-state index contributed by atoms with van der Waals surface area (Å²) >= 11 is 0. The second-order valence-electron chi connectivity index (χ2n) is 6.44. The van der Waals surface area contributed by atoms with E-state index in [9.17, 15) is 14.9 Å². The number of benzene rings is 2. The van der Waals surface area contributed by atoms with Gasteiger partial charge in [0.1, 0.15) is 0 Å². The maximum atomic E-state index is 11.4. The molecular weight excluding hydrogens is 346 g/mol. The Balaban J connectivity index is 2.03. The van der Waals surface area contributed by atoms with Crippen molar-refractivity contribution in [2.75, 3.05) is 6.61 Å². The summed E-state index contributed by atoms with van der Waals surface area (Å²) < 4.78 is 5.63. The standard InChI is InChI=1S/C21H25NO5/c1-2-3-4-5-6-7-14-27-20-13-12-18(15-19(20)22(25)26)16-8-10-17(11-9-16)21(23)24/h8-13,15H,2-7,14H2,1H3,(H,23,24). The Labute approximate surface area is 158 Å². The van der Waals surface area contributed by atoms with Crippen LogP contribution >= 0.6 is 0 Å². The zero-order chi connectivity index (χ0) is 19.6. The number of nitrogens with zero attached hydrogens (tertiary/aromatic N) is 1. The maximum absolute atomic E-state index is 11.4. The molecule has 0 aliphatic rings. The number of aromatic carboxylic acids is 1. The van der Waals surface area contributed by atoms with Crippen molar-refractivity contribution >= 4 is 11.7 Å². The summed E-state index contributed by atoms with van der Waals surface area (Å²) in [6.45, 7) is 2.63. The number of nitro benzene ring substituents is 1. The summed E-state index contributed by atoms with van der Waals surface area (Å²) in [6, 6.07) is 11.1. The molecule has 2 aromatic rings. The number of rotatable bonds is 11. The topological polar surface area (TPSA) is 89.7 Å². The maximum Gasteiger partial charge on any atom is 0.335 e. The average Bonchev–Trinajstić information content (AvgIpc) is 2.67. The van der Waals surface area contributed by atoms with Crippen LogP contribution in [0.25, 0.3) is 11.1 Å². The van der Waals surface area contributed by atoms with Crippen LogP contribution in [0.5, 0.6) is 5.75 Å². The Morgan fingerprint density at radius 1 is 1.00 bits per heavy atom. The lowest BCUT2D eigenvalue weighted by Crippen LogP contribution is -2.01. The molecule has 2 aromatic carbocycles. The van der Waals surface area contributed by atoms with Gasteiger partial charge in [-0.3, -0.25) is 10.1 Å². The molecule has 0 spiro atoms. The van der Waals surface area contributed by atoms with Gasteiger partial charge in [-0.05, 0) is 35.7 Å². The minimum Gasteiger partial charge on any atom is -0.487 e. The van der Waals surface area contributed by atoms with Gasteiger partial charge < -0.3 is 9.84 Å². The SMILES string of the molecule is CCCCCCCCOc1ccc(-c2ccc(C(=O)O)cc2)cc1[N+](=O)[O-]. The lowest BCUT2D eigenvalue weighted by Gasteiger charge is -2.09. The fourth-order valence-electron chi connectivity index (χ4n) is 2.83. The van der Waals surface area contributed by atoms with Crippen molar-refractivity contribution in [3.05, 3.63) is 58.1 Å². The summed E-state index contributed by atoms with van der Waals surface area (Å²) in [5.41, 5.74) is 1.45. The Morgan fingerprint density at radius 2 is 1.63 bits per heavy atom. The van der Waals surface area contributed by atoms with Crippen molar-refractivity contribution in [2.45, 2.75) is 45.4 Å². The van der Waals surface area contributed by atoms with Crippen LogP contribution in [0.15, 0.2) is 42.5 Å². The van der Waals surface area contributed by atoms with E-state index >= 15 is 0 Å². The van der Waals surface area contributed by atoms with E-state index in [1.165, 1.54) is 37.5 Å². The molecule has 6 nitrogen and oxygen atoms in total. The molecule has 0 bridgehead atoms. The first-order valence-electron chi connectivity index (χ1n) is 9.28. The van der Waals surface area contributed by atoms with Crippen molar-refractivity contribution in [1.82, 2.24) is 0 Å². The third-order valence-corrected chi connectivity index (χ3v) is 4.38. The summed E-state index contributed by atoms with van der Waals surface area (Å²) in [5, 5.41) is 20.4. The van der Waals surface area contributed by atoms with Crippen LogP contribution in [0.1, 0.15) is 55.8 Å². The highest BCUT2D eigenvalue weighted by Crippen LogP contribution is 2.32. The average molecular weight is 371 g/mol. The minimum atomic E-state index is -1.01. The van der Waals surface area contributed by atoms with Gasteiger partial charge in [0, 0.05) is 6.07 Å². The van der Waals surface area contributed by atoms with E-state index in [0.29, 0.717) is 17.7 Å². The predicted molar refractivity (Wildman–Crippen MR) is 104 cm³/mol. The van der Waals surface area contributed by atoms with Gasteiger partial charge in [-0.2, -0.15) is 0 Å². The second kappa shape index (κ2) is 10.3. The van der Waals surface area contributed by atoms with Crippen LogP contribution in [0.3, 0.4) is 0 Å². The third-order valence-electron chi connectivity index (χ3n) is 4.38. The fourth-order valence-corrected chi connectivity index (χ4v) is 2.83. The van der Waals surface area contributed by atoms with Crippen LogP contribution in [0.2, 0.25) is 0 Å². The number of carboxylic acids is 1. The lowest BCUT2D eigenvalue weighted by atomic mass is 10.0. The first-order chi connectivity index (χ1) is 13.0. The number of carboxylic acid groups (broad SMARTS) is 1. The molecule has 0 saturated carbocycles. The number of carbonyl (C=O) groups is 1. The quantitative estimate of drug-likeness (QED) is 0.311. The monoisotopic (exact) mass is 371 g/mol. The molecular formula is C21H25NO5. The minimum absolute atomic E-state index is 0.0826. The molecule has 0 fully saturated rings. The van der Waals surface area contributed by atoms with Crippen LogP contribution in [-0.2, 0) is 0 Å². The van der Waals surface area contributed by atoms with Gasteiger partial charge in [0.05, 0.1) is 17.1 Å². The molecule has 6 heteroatoms. The van der Waals surface area contributed by atoms with Crippen molar-refractivity contribution < 1.29 is 19.6 Å². The summed E-state index contributed by atoms with van der Waals surface area (Å²) in [7, 11) is 0. The summed E-state index contributed by atoms with van der Waals surface area (Å²) in [5.74, 6) is -0.745. The van der Waals surface area contributed by atoms with E-state index < -0.39 is 10.9 Å².